The predicted octanol–water partition coefficient (Wildman–Crippen LogP) is 4.47. The second kappa shape index (κ2) is 10.7. The first-order valence-electron chi connectivity index (χ1n) is 7.74. The van der Waals surface area contributed by atoms with Crippen LogP contribution in [0.5, 0.6) is 0 Å². The van der Waals surface area contributed by atoms with Crippen LogP contribution >= 0.6 is 0 Å². The Morgan fingerprint density at radius 3 is 2.05 bits per heavy atom. The highest BCUT2D eigenvalue weighted by molar-refractivity contribution is 5.81. The van der Waals surface area contributed by atoms with E-state index in [2.05, 4.69) is 13.5 Å². The Bertz CT molecular complexity index is 316. The smallest absolute Gasteiger partial charge is 0.328 e. The van der Waals surface area contributed by atoms with Gasteiger partial charge in [0.15, 0.2) is 0 Å². The summed E-state index contributed by atoms with van der Waals surface area (Å²) in [6.45, 7) is 7.36. The van der Waals surface area contributed by atoms with E-state index in [9.17, 15) is 9.90 Å². The van der Waals surface area contributed by atoms with Crippen LogP contribution in [-0.2, 0) is 4.79 Å². The van der Waals surface area contributed by atoms with Crippen LogP contribution in [0.15, 0.2) is 24.3 Å². The summed E-state index contributed by atoms with van der Waals surface area (Å²) < 4.78 is 0. The van der Waals surface area contributed by atoms with Crippen molar-refractivity contribution in [2.75, 3.05) is 0 Å². The lowest BCUT2D eigenvalue weighted by Crippen LogP contribution is -2.24. The molecule has 0 amide bonds. The van der Waals surface area contributed by atoms with Gasteiger partial charge in [-0.25, -0.2) is 4.79 Å². The Balaban J connectivity index is 3.99. The summed E-state index contributed by atoms with van der Waals surface area (Å²) in [4.78, 5) is 10.8. The molecular formula is C17H30O3. The molecule has 0 heterocycles. The van der Waals surface area contributed by atoms with Gasteiger partial charge in [-0.15, -0.1) is 0 Å². The molecule has 0 aromatic heterocycles. The van der Waals surface area contributed by atoms with Gasteiger partial charge in [-0.05, 0) is 25.3 Å². The number of carboxylic acids is 1. The normalized spacial score (nSPS) is 14.8. The van der Waals surface area contributed by atoms with E-state index in [1.165, 1.54) is 44.6 Å². The Morgan fingerprint density at radius 1 is 1.10 bits per heavy atom. The van der Waals surface area contributed by atoms with Crippen LogP contribution < -0.4 is 0 Å². The van der Waals surface area contributed by atoms with Crippen molar-refractivity contribution >= 4 is 5.97 Å². The second-order valence-corrected chi connectivity index (χ2v) is 5.58. The van der Waals surface area contributed by atoms with E-state index in [1.54, 1.807) is 6.92 Å². The number of rotatable bonds is 12. The predicted molar refractivity (Wildman–Crippen MR) is 83.8 cm³/mol. The quantitative estimate of drug-likeness (QED) is 0.315. The van der Waals surface area contributed by atoms with E-state index in [4.69, 9.17) is 5.11 Å². The molecule has 0 aromatic carbocycles. The third kappa shape index (κ3) is 8.92. The summed E-state index contributed by atoms with van der Waals surface area (Å²) in [5.41, 5.74) is -0.689. The van der Waals surface area contributed by atoms with Crippen molar-refractivity contribution < 1.29 is 15.0 Å². The van der Waals surface area contributed by atoms with Gasteiger partial charge in [-0.1, -0.05) is 64.5 Å². The molecule has 116 valence electrons. The number of aliphatic hydroxyl groups is 1. The maximum Gasteiger partial charge on any atom is 0.328 e. The Morgan fingerprint density at radius 2 is 1.60 bits per heavy atom. The van der Waals surface area contributed by atoms with Gasteiger partial charge in [-0.3, -0.25) is 0 Å². The van der Waals surface area contributed by atoms with Crippen LogP contribution in [0.2, 0.25) is 0 Å². The van der Waals surface area contributed by atoms with Gasteiger partial charge < -0.3 is 10.2 Å². The molecule has 0 saturated heterocycles. The molecule has 0 radical (unpaired) electrons. The molecule has 20 heavy (non-hydrogen) atoms. The van der Waals surface area contributed by atoms with E-state index in [0.29, 0.717) is 12.0 Å². The number of hydrogen-bond acceptors (Lipinski definition) is 2. The minimum Gasteiger partial charge on any atom is -0.478 e. The molecule has 0 aliphatic rings. The lowest BCUT2D eigenvalue weighted by atomic mass is 9.90. The number of aliphatic carboxylic acids is 1. The van der Waals surface area contributed by atoms with Crippen LogP contribution in [0.1, 0.15) is 71.6 Å². The highest BCUT2D eigenvalue weighted by Gasteiger charge is 2.22. The van der Waals surface area contributed by atoms with Crippen molar-refractivity contribution in [1.82, 2.24) is 0 Å². The number of unbranched alkanes of at least 4 members (excludes halogenated alkanes) is 7. The van der Waals surface area contributed by atoms with Gasteiger partial charge in [0.2, 0.25) is 0 Å². The maximum atomic E-state index is 10.8. The van der Waals surface area contributed by atoms with Gasteiger partial charge in [0, 0.05) is 6.08 Å². The molecule has 1 unspecified atom stereocenters. The molecule has 0 aliphatic carbocycles. The fraction of sp³-hybridized carbons (Fsp3) is 0.706. The van der Waals surface area contributed by atoms with E-state index in [-0.39, 0.29) is 0 Å². The minimum absolute atomic E-state index is 0.533. The molecule has 0 rings (SSSR count). The Kier molecular flexibility index (Phi) is 10.1. The SMILES string of the molecule is C=CC(C)(O)/C(=C/C(=O)O)CCCCCCCCCC. The van der Waals surface area contributed by atoms with Crippen molar-refractivity contribution in [3.63, 3.8) is 0 Å². The van der Waals surface area contributed by atoms with Crippen LogP contribution in [0, 0.1) is 0 Å². The second-order valence-electron chi connectivity index (χ2n) is 5.58. The summed E-state index contributed by atoms with van der Waals surface area (Å²) in [5.74, 6) is -1.01. The van der Waals surface area contributed by atoms with Gasteiger partial charge >= 0.3 is 5.97 Å². The molecule has 0 bridgehead atoms. The summed E-state index contributed by atoms with van der Waals surface area (Å²) in [6.07, 6.45) is 12.7. The van der Waals surface area contributed by atoms with Gasteiger partial charge in [0.05, 0.1) is 0 Å². The highest BCUT2D eigenvalue weighted by atomic mass is 16.4. The zero-order valence-corrected chi connectivity index (χ0v) is 13.0. The third-order valence-electron chi connectivity index (χ3n) is 3.64. The molecule has 0 fully saturated rings. The number of carboxylic acid groups (broad SMARTS) is 1. The summed E-state index contributed by atoms with van der Waals surface area (Å²) in [5, 5.41) is 18.9. The minimum atomic E-state index is -1.22. The lowest BCUT2D eigenvalue weighted by molar-refractivity contribution is -0.131. The average molecular weight is 282 g/mol. The van der Waals surface area contributed by atoms with Crippen LogP contribution in [0.25, 0.3) is 0 Å². The maximum absolute atomic E-state index is 10.8. The molecule has 1 atom stereocenters. The standard InChI is InChI=1S/C17H30O3/c1-4-6-7-8-9-10-11-12-13-15(14-16(18)19)17(3,20)5-2/h5,14,20H,2,4,6-13H2,1,3H3,(H,18,19)/b15-14+. The van der Waals surface area contributed by atoms with Crippen molar-refractivity contribution in [3.05, 3.63) is 24.3 Å². The molecule has 0 saturated carbocycles. The fourth-order valence-electron chi connectivity index (χ4n) is 2.20. The van der Waals surface area contributed by atoms with E-state index in [1.807, 2.05) is 0 Å². The van der Waals surface area contributed by atoms with Gasteiger partial charge in [-0.2, -0.15) is 0 Å². The highest BCUT2D eigenvalue weighted by Crippen LogP contribution is 2.23. The zero-order chi connectivity index (χ0) is 15.4. The van der Waals surface area contributed by atoms with Crippen molar-refractivity contribution in [3.8, 4) is 0 Å². The monoisotopic (exact) mass is 282 g/mol. The van der Waals surface area contributed by atoms with Gasteiger partial charge in [0.1, 0.15) is 5.60 Å². The largest absolute Gasteiger partial charge is 0.478 e. The molecular weight excluding hydrogens is 252 g/mol. The average Bonchev–Trinajstić information content (AvgIpc) is 2.40. The molecule has 0 spiro atoms. The Hall–Kier alpha value is -1.09. The van der Waals surface area contributed by atoms with Crippen LogP contribution in [0.3, 0.4) is 0 Å². The number of carbonyl (C=O) groups is 1. The molecule has 3 nitrogen and oxygen atoms in total. The lowest BCUT2D eigenvalue weighted by Gasteiger charge is -2.22. The summed E-state index contributed by atoms with van der Waals surface area (Å²) in [6, 6.07) is 0. The first-order chi connectivity index (χ1) is 9.44. The molecule has 0 aromatic rings. The molecule has 2 N–H and O–H groups in total. The van der Waals surface area contributed by atoms with Crippen LogP contribution in [-0.4, -0.2) is 21.8 Å². The fourth-order valence-corrected chi connectivity index (χ4v) is 2.20. The van der Waals surface area contributed by atoms with E-state index < -0.39 is 11.6 Å². The topological polar surface area (TPSA) is 57.5 Å². The van der Waals surface area contributed by atoms with Gasteiger partial charge in [0.25, 0.3) is 0 Å². The van der Waals surface area contributed by atoms with E-state index in [0.717, 1.165) is 18.9 Å². The first-order valence-corrected chi connectivity index (χ1v) is 7.74. The summed E-state index contributed by atoms with van der Waals surface area (Å²) >= 11 is 0. The van der Waals surface area contributed by atoms with Crippen molar-refractivity contribution in [2.24, 2.45) is 0 Å². The molecule has 0 aliphatic heterocycles. The Labute approximate surface area is 123 Å². The van der Waals surface area contributed by atoms with Crippen molar-refractivity contribution in [1.29, 1.82) is 0 Å². The first kappa shape index (κ1) is 18.9. The van der Waals surface area contributed by atoms with Crippen LogP contribution in [0.4, 0.5) is 0 Å². The molecule has 3 heteroatoms. The summed E-state index contributed by atoms with van der Waals surface area (Å²) in [7, 11) is 0. The van der Waals surface area contributed by atoms with Crippen molar-refractivity contribution in [2.45, 2.75) is 77.2 Å². The van der Waals surface area contributed by atoms with E-state index >= 15 is 0 Å². The zero-order valence-electron chi connectivity index (χ0n) is 13.0. The number of hydrogen-bond donors (Lipinski definition) is 2. The third-order valence-corrected chi connectivity index (χ3v) is 3.64.